The van der Waals surface area contributed by atoms with E-state index in [1.165, 1.54) is 13.8 Å². The zero-order valence-electron chi connectivity index (χ0n) is 64.5. The fourth-order valence-corrected chi connectivity index (χ4v) is 13.3. The molecule has 2 amide bonds. The molecule has 33 nitrogen and oxygen atoms in total. The highest BCUT2D eigenvalue weighted by Gasteiger charge is 2.56. The van der Waals surface area contributed by atoms with Crippen molar-refractivity contribution in [2.75, 3.05) is 59.5 Å². The van der Waals surface area contributed by atoms with Crippen LogP contribution in [0.25, 0.3) is 0 Å². The van der Waals surface area contributed by atoms with Crippen LogP contribution in [0.1, 0.15) is 98.8 Å². The van der Waals surface area contributed by atoms with Gasteiger partial charge in [-0.15, -0.1) is 0 Å². The van der Waals surface area contributed by atoms with Crippen molar-refractivity contribution in [2.24, 2.45) is 0 Å². The van der Waals surface area contributed by atoms with Crippen LogP contribution in [0.4, 0.5) is 0 Å². The number of hydrogen-bond acceptors (Lipinski definition) is 31. The average Bonchev–Trinajstić information content (AvgIpc) is 0.864. The number of esters is 8. The summed E-state index contributed by atoms with van der Waals surface area (Å²) in [5, 5.41) is 5.35. The van der Waals surface area contributed by atoms with Gasteiger partial charge in [0.05, 0.1) is 46.2 Å². The Kier molecular flexibility index (Phi) is 36.5. The highest BCUT2D eigenvalue weighted by molar-refractivity contribution is 6.76. The maximum atomic E-state index is 13.2. The molecule has 0 spiro atoms. The third-order valence-electron chi connectivity index (χ3n) is 17.2. The number of hydrogen-bond donors (Lipinski definition) is 2. The third-order valence-corrected chi connectivity index (χ3v) is 18.9. The number of rotatable bonds is 41. The van der Waals surface area contributed by atoms with Crippen molar-refractivity contribution < 1.29 is 147 Å². The Morgan fingerprint density at radius 3 is 1.07 bits per heavy atom. The van der Waals surface area contributed by atoms with E-state index in [-0.39, 0.29) is 65.7 Å². The van der Waals surface area contributed by atoms with Crippen LogP contribution in [0.5, 0.6) is 0 Å². The summed E-state index contributed by atoms with van der Waals surface area (Å²) in [6.07, 6.45) is -23.8. The Morgan fingerprint density at radius 2 is 0.655 bits per heavy atom. The SMILES string of the molecule is CC(=O)N[C@H]1[C@H](OCCCO[C@H]2[C@H](OC(C)=O)[C@@H](OC(C)=O)[C@H](OC[C@H]3O[C@@H](OCCCO[C@H]4[C@H](OCc5ccccc5)[C@@H](OCc5ccccc5)[C@H](OCC[Si](C)(C)C)O[C@@H]4COCc4ccccc4)[C@H](NC(C)=O)[C@@H](OC(C)=O)[C@@H]3OC(C)=O)O[C@@H]2COC(C)=O)O[C@H](COC(C)=O)[C@@H](OC(C)=O)[C@@H]1OC(C)=O. The summed E-state index contributed by atoms with van der Waals surface area (Å²) < 4.78 is 130. The molecule has 4 aliphatic heterocycles. The van der Waals surface area contributed by atoms with Gasteiger partial charge in [0.15, 0.2) is 61.8 Å². The van der Waals surface area contributed by atoms with Crippen molar-refractivity contribution in [2.45, 2.75) is 250 Å². The summed E-state index contributed by atoms with van der Waals surface area (Å²) >= 11 is 0. The van der Waals surface area contributed by atoms with E-state index in [0.29, 0.717) is 6.61 Å². The van der Waals surface area contributed by atoms with Crippen molar-refractivity contribution >= 4 is 67.6 Å². The smallest absolute Gasteiger partial charge is 0.303 e. The molecule has 4 fully saturated rings. The largest absolute Gasteiger partial charge is 0.463 e. The minimum absolute atomic E-state index is 0.0160. The molecular weight excluding hydrogens is 1460 g/mol. The van der Waals surface area contributed by atoms with Gasteiger partial charge < -0.3 is 110 Å². The zero-order valence-corrected chi connectivity index (χ0v) is 65.5. The molecule has 2 N–H and O–H groups in total. The summed E-state index contributed by atoms with van der Waals surface area (Å²) in [4.78, 5) is 128. The van der Waals surface area contributed by atoms with Gasteiger partial charge in [-0.25, -0.2) is 0 Å². The molecule has 3 aromatic carbocycles. The van der Waals surface area contributed by atoms with Crippen molar-refractivity contribution in [3.63, 3.8) is 0 Å². The van der Waals surface area contributed by atoms with Crippen LogP contribution >= 0.6 is 0 Å². The lowest BCUT2D eigenvalue weighted by Gasteiger charge is -2.47. The Morgan fingerprint density at radius 1 is 0.318 bits per heavy atom. The number of amides is 2. The minimum atomic E-state index is -1.77. The van der Waals surface area contributed by atoms with Gasteiger partial charge in [0, 0.05) is 97.1 Å². The fourth-order valence-electron chi connectivity index (χ4n) is 12.6. The topological polar surface area (TPSA) is 389 Å². The van der Waals surface area contributed by atoms with Crippen LogP contribution in [0.15, 0.2) is 91.0 Å². The van der Waals surface area contributed by atoms with Crippen molar-refractivity contribution in [3.8, 4) is 0 Å². The normalized spacial score (nSPS) is 28.0. The van der Waals surface area contributed by atoms with Gasteiger partial charge in [0.1, 0.15) is 74.1 Å². The molecule has 4 heterocycles. The minimum Gasteiger partial charge on any atom is -0.463 e. The summed E-state index contributed by atoms with van der Waals surface area (Å²) in [5.74, 6) is -7.97. The number of carbonyl (C=O) groups is 10. The number of ether oxygens (including phenoxy) is 21. The molecule has 20 atom stereocenters. The van der Waals surface area contributed by atoms with Gasteiger partial charge in [0.2, 0.25) is 11.8 Å². The van der Waals surface area contributed by atoms with Crippen LogP contribution < -0.4 is 10.6 Å². The van der Waals surface area contributed by atoms with E-state index < -0.39 is 210 Å². The molecule has 7 rings (SSSR count). The number of nitrogens with one attached hydrogen (secondary N) is 2. The van der Waals surface area contributed by atoms with Crippen molar-refractivity contribution in [3.05, 3.63) is 108 Å². The van der Waals surface area contributed by atoms with E-state index in [1.807, 2.05) is 91.0 Å². The first-order valence-electron chi connectivity index (χ1n) is 36.5. The summed E-state index contributed by atoms with van der Waals surface area (Å²) in [6.45, 7) is 16.4. The Bertz CT molecular complexity index is 3410. The second-order valence-corrected chi connectivity index (χ2v) is 33.5. The highest BCUT2D eigenvalue weighted by Crippen LogP contribution is 2.36. The Balaban J connectivity index is 1.13. The first kappa shape index (κ1) is 89.3. The van der Waals surface area contributed by atoms with E-state index in [1.54, 1.807) is 0 Å². The molecule has 0 bridgehead atoms. The highest BCUT2D eigenvalue weighted by atomic mass is 28.3. The summed E-state index contributed by atoms with van der Waals surface area (Å²) in [7, 11) is -1.61. The quantitative estimate of drug-likeness (QED) is 0.0328. The molecule has 610 valence electrons. The molecule has 4 saturated heterocycles. The molecular formula is C76H106N2O31Si. The van der Waals surface area contributed by atoms with Crippen LogP contribution in [-0.2, 0) is 167 Å². The second kappa shape index (κ2) is 44.9. The van der Waals surface area contributed by atoms with Crippen LogP contribution in [-0.4, -0.2) is 250 Å². The maximum absolute atomic E-state index is 13.2. The van der Waals surface area contributed by atoms with Crippen molar-refractivity contribution in [1.29, 1.82) is 0 Å². The van der Waals surface area contributed by atoms with Gasteiger partial charge in [-0.2, -0.15) is 0 Å². The summed E-state index contributed by atoms with van der Waals surface area (Å²) in [6, 6.07) is 27.1. The van der Waals surface area contributed by atoms with Crippen LogP contribution in [0.3, 0.4) is 0 Å². The molecule has 0 aliphatic carbocycles. The number of benzene rings is 3. The first-order chi connectivity index (χ1) is 52.4. The van der Waals surface area contributed by atoms with Gasteiger partial charge in [-0.05, 0) is 35.6 Å². The summed E-state index contributed by atoms with van der Waals surface area (Å²) in [5.41, 5.74) is 2.72. The molecule has 0 aromatic heterocycles. The lowest BCUT2D eigenvalue weighted by Crippen LogP contribution is -2.67. The van der Waals surface area contributed by atoms with E-state index in [2.05, 4.69) is 30.3 Å². The van der Waals surface area contributed by atoms with E-state index >= 15 is 0 Å². The molecule has 0 radical (unpaired) electrons. The molecule has 3 aromatic rings. The monoisotopic (exact) mass is 1570 g/mol. The molecule has 0 saturated carbocycles. The lowest BCUT2D eigenvalue weighted by molar-refractivity contribution is -0.329. The molecule has 4 aliphatic rings. The molecule has 110 heavy (non-hydrogen) atoms. The predicted octanol–water partition coefficient (Wildman–Crippen LogP) is 4.95. The Labute approximate surface area is 640 Å². The van der Waals surface area contributed by atoms with Crippen LogP contribution in [0.2, 0.25) is 25.7 Å². The van der Waals surface area contributed by atoms with Gasteiger partial charge >= 0.3 is 47.8 Å². The zero-order chi connectivity index (χ0) is 80.0. The fraction of sp³-hybridized carbons (Fsp3) is 0.632. The van der Waals surface area contributed by atoms with Gasteiger partial charge in [-0.1, -0.05) is 111 Å². The second-order valence-electron chi connectivity index (χ2n) is 27.8. The average molecular weight is 1570 g/mol. The molecule has 0 unspecified atom stereocenters. The molecule has 34 heteroatoms. The third kappa shape index (κ3) is 29.6. The van der Waals surface area contributed by atoms with Gasteiger partial charge in [0.25, 0.3) is 0 Å². The van der Waals surface area contributed by atoms with Crippen molar-refractivity contribution in [1.82, 2.24) is 10.6 Å². The van der Waals surface area contributed by atoms with E-state index in [0.717, 1.165) is 78.1 Å². The predicted molar refractivity (Wildman–Crippen MR) is 383 cm³/mol. The van der Waals surface area contributed by atoms with E-state index in [9.17, 15) is 47.9 Å². The van der Waals surface area contributed by atoms with E-state index in [4.69, 9.17) is 99.5 Å². The lowest BCUT2D eigenvalue weighted by atomic mass is 9.95. The Hall–Kier alpha value is -7.94. The van der Waals surface area contributed by atoms with Gasteiger partial charge in [-0.3, -0.25) is 47.9 Å². The first-order valence-corrected chi connectivity index (χ1v) is 40.2. The number of carbonyl (C=O) groups excluding carboxylic acids is 10. The standard InChI is InChI=1S/C76H106N2O31Si/c1-44(79)77-61-67(102-50(7)85)65(100-48(5)83)59(42-96-47(4)82)106-73(61)92-34-24-32-91-64-58(41-95-46(3)81)109-76(72(105-53(10)88)70(64)104-52(9)87)99-43-60-66(101-49(6)84)68(103-51(8)86)62(78-45(2)80)74(107-60)93-33-23-31-90-63-57(40-89-37-54-25-17-14-18-26-54)108-75(94-35-36-110(11,12)13)71(98-39-56-29-21-16-22-30-56)69(63)97-38-55-27-19-15-20-28-55/h14-22,25-30,57-76H,23-24,31-43H2,1-13H3,(H,77,79)(H,78,80)/t57-,58-,59-,60-,61-,62-,63-,64-,65-,66-,67-,68-,69+,70+,71-,72-,73-,74-,75-,76-/m1/s1. The van der Waals surface area contributed by atoms with Crippen LogP contribution in [0, 0.1) is 0 Å². The maximum Gasteiger partial charge on any atom is 0.303 e.